The number of primary amides is 1. The van der Waals surface area contributed by atoms with E-state index in [1.165, 1.54) is 49.6 Å². The van der Waals surface area contributed by atoms with Crippen LogP contribution in [0.1, 0.15) is 20.7 Å². The van der Waals surface area contributed by atoms with E-state index in [0.717, 1.165) is 11.3 Å². The third-order valence-corrected chi connectivity index (χ3v) is 8.21. The van der Waals surface area contributed by atoms with Crippen molar-refractivity contribution in [1.29, 1.82) is 0 Å². The fourth-order valence-corrected chi connectivity index (χ4v) is 6.05. The van der Waals surface area contributed by atoms with Crippen LogP contribution in [-0.2, 0) is 16.1 Å². The van der Waals surface area contributed by atoms with Gasteiger partial charge in [-0.1, -0.05) is 41.1 Å². The highest BCUT2D eigenvalue weighted by Gasteiger charge is 2.23. The summed E-state index contributed by atoms with van der Waals surface area (Å²) >= 11 is 5.51. The van der Waals surface area contributed by atoms with Crippen molar-refractivity contribution in [2.45, 2.75) is 4.21 Å². The van der Waals surface area contributed by atoms with Gasteiger partial charge < -0.3 is 29.6 Å². The van der Waals surface area contributed by atoms with E-state index in [1.807, 2.05) is 0 Å². The highest BCUT2D eigenvalue weighted by molar-refractivity contribution is 7.94. The number of hydrogen-bond donors (Lipinski definition) is 3. The summed E-state index contributed by atoms with van der Waals surface area (Å²) in [7, 11) is 1.35. The van der Waals surface area contributed by atoms with E-state index in [9.17, 15) is 23.6 Å². The van der Waals surface area contributed by atoms with Gasteiger partial charge in [0, 0.05) is 28.8 Å². The number of phenolic OH excluding ortho intramolecular Hbond substituents is 1. The maximum absolute atomic E-state index is 14.7. The molecule has 4 N–H and O–H groups in total. The van der Waals surface area contributed by atoms with Crippen LogP contribution in [0.2, 0.25) is 4.34 Å². The van der Waals surface area contributed by atoms with Crippen LogP contribution in [0.5, 0.6) is 17.2 Å². The van der Waals surface area contributed by atoms with E-state index in [4.69, 9.17) is 31.5 Å². The van der Waals surface area contributed by atoms with Gasteiger partial charge in [0.15, 0.2) is 11.6 Å². The third kappa shape index (κ3) is 6.77. The van der Waals surface area contributed by atoms with Crippen molar-refractivity contribution in [3.8, 4) is 28.4 Å². The van der Waals surface area contributed by atoms with Gasteiger partial charge in [0.1, 0.15) is 46.0 Å². The van der Waals surface area contributed by atoms with Gasteiger partial charge in [0.2, 0.25) is 10.1 Å². The number of nitrogens with one attached hydrogen (secondary N) is 1. The minimum atomic E-state index is -1.81. The quantitative estimate of drug-likeness (QED) is 0.117. The summed E-state index contributed by atoms with van der Waals surface area (Å²) in [5, 5.41) is 10.4. The Bertz CT molecular complexity index is 1550. The second-order valence-electron chi connectivity index (χ2n) is 8.05. The number of methoxy groups -OCH3 is 1. The fraction of sp³-hybridized carbons (Fsp3) is 0.111. The van der Waals surface area contributed by atoms with Crippen molar-refractivity contribution < 1.29 is 37.8 Å². The number of esters is 1. The summed E-state index contributed by atoms with van der Waals surface area (Å²) in [5.74, 6) is -1.95. The van der Waals surface area contributed by atoms with Gasteiger partial charge in [0.25, 0.3) is 0 Å². The topological polar surface area (TPSA) is 143 Å². The van der Waals surface area contributed by atoms with Gasteiger partial charge in [-0.3, -0.25) is 4.79 Å². The average molecular weight is 605 g/mol. The molecule has 0 saturated carbocycles. The first-order valence-electron chi connectivity index (χ1n) is 11.5. The number of thiophene rings is 1. The third-order valence-electron chi connectivity index (χ3n) is 5.45. The molecule has 0 aliphatic rings. The fourth-order valence-electron chi connectivity index (χ4n) is 3.53. The van der Waals surface area contributed by atoms with Crippen molar-refractivity contribution in [2.24, 2.45) is 5.73 Å². The maximum Gasteiger partial charge on any atom is 0.342 e. The average Bonchev–Trinajstić information content (AvgIpc) is 3.32. The molecule has 1 atom stereocenters. The van der Waals surface area contributed by atoms with E-state index >= 15 is 0 Å². The molecule has 0 bridgehead atoms. The summed E-state index contributed by atoms with van der Waals surface area (Å²) in [5.41, 5.74) is 6.22. The Morgan fingerprint density at radius 1 is 1.10 bits per heavy atom. The van der Waals surface area contributed by atoms with Gasteiger partial charge >= 0.3 is 5.97 Å². The van der Waals surface area contributed by atoms with Gasteiger partial charge in [-0.2, -0.15) is 0 Å². The lowest BCUT2D eigenvalue weighted by Crippen LogP contribution is -2.14. The zero-order valence-electron chi connectivity index (χ0n) is 20.8. The Labute approximate surface area is 240 Å². The van der Waals surface area contributed by atoms with Crippen molar-refractivity contribution in [2.75, 3.05) is 25.0 Å². The molecule has 13 heteroatoms. The van der Waals surface area contributed by atoms with Crippen LogP contribution in [0, 0.1) is 5.82 Å². The minimum Gasteiger partial charge on any atom is -0.587 e. The van der Waals surface area contributed by atoms with E-state index in [2.05, 4.69) is 4.72 Å². The minimum absolute atomic E-state index is 0.00163. The van der Waals surface area contributed by atoms with Crippen molar-refractivity contribution in [3.63, 3.8) is 0 Å². The first-order chi connectivity index (χ1) is 19.2. The lowest BCUT2D eigenvalue weighted by molar-refractivity contribution is 0.0447. The first-order valence-corrected chi connectivity index (χ1v) is 13.9. The van der Waals surface area contributed by atoms with Gasteiger partial charge in [-0.15, -0.1) is 0 Å². The molecule has 40 heavy (non-hydrogen) atoms. The number of amides is 1. The van der Waals surface area contributed by atoms with E-state index in [-0.39, 0.29) is 45.7 Å². The van der Waals surface area contributed by atoms with E-state index in [0.29, 0.717) is 15.5 Å². The first kappa shape index (κ1) is 29.0. The second-order valence-corrected chi connectivity index (χ2v) is 11.1. The molecule has 1 unspecified atom stereocenters. The van der Waals surface area contributed by atoms with E-state index < -0.39 is 34.8 Å². The monoisotopic (exact) mass is 604 g/mol. The number of carbonyl (C=O) groups excluding carboxylic acids is 2. The molecule has 0 spiro atoms. The van der Waals surface area contributed by atoms with Crippen LogP contribution in [-0.4, -0.2) is 41.9 Å². The Morgan fingerprint density at radius 3 is 2.60 bits per heavy atom. The van der Waals surface area contributed by atoms with Gasteiger partial charge in [0.05, 0.1) is 12.8 Å². The molecule has 0 aliphatic carbocycles. The van der Waals surface area contributed by atoms with Crippen molar-refractivity contribution >= 4 is 51.9 Å². The molecule has 0 radical (unpaired) electrons. The lowest BCUT2D eigenvalue weighted by Gasteiger charge is -2.12. The number of ether oxygens (including phenoxy) is 3. The second kappa shape index (κ2) is 12.9. The van der Waals surface area contributed by atoms with Gasteiger partial charge in [-0.25, -0.2) is 13.9 Å². The van der Waals surface area contributed by atoms with Crippen molar-refractivity contribution in [1.82, 2.24) is 0 Å². The largest absolute Gasteiger partial charge is 0.587 e. The van der Waals surface area contributed by atoms with Crippen LogP contribution in [0.25, 0.3) is 11.1 Å². The molecule has 1 heterocycles. The normalized spacial score (nSPS) is 11.5. The SMILES string of the molecule is COc1cccc(-c2cc([S+]([O-])Nc3ccc(C(=O)OCCOc4cccc(C(N)=O)c4)c(O)c3)sc2Cl)c1F. The summed E-state index contributed by atoms with van der Waals surface area (Å²) in [4.78, 5) is 23.6. The molecule has 1 amide bonds. The van der Waals surface area contributed by atoms with Crippen LogP contribution in [0.15, 0.2) is 70.9 Å². The molecule has 0 saturated heterocycles. The Morgan fingerprint density at radius 2 is 1.88 bits per heavy atom. The molecule has 4 aromatic rings. The van der Waals surface area contributed by atoms with Crippen molar-refractivity contribution in [3.05, 3.63) is 88.0 Å². The summed E-state index contributed by atoms with van der Waals surface area (Å²) in [6, 6.07) is 16.4. The van der Waals surface area contributed by atoms with E-state index in [1.54, 1.807) is 24.3 Å². The lowest BCUT2D eigenvalue weighted by atomic mass is 10.1. The smallest absolute Gasteiger partial charge is 0.342 e. The number of nitrogens with two attached hydrogens (primary N) is 1. The number of anilines is 1. The highest BCUT2D eigenvalue weighted by atomic mass is 35.5. The molecule has 1 aromatic heterocycles. The predicted molar refractivity (Wildman–Crippen MR) is 150 cm³/mol. The molecule has 3 aromatic carbocycles. The number of phenols is 1. The molecule has 0 aliphatic heterocycles. The van der Waals surface area contributed by atoms with Crippen LogP contribution in [0.3, 0.4) is 0 Å². The zero-order valence-corrected chi connectivity index (χ0v) is 23.2. The Balaban J connectivity index is 1.35. The Hall–Kier alpha value is -3.97. The summed E-state index contributed by atoms with van der Waals surface area (Å²) in [6.07, 6.45) is 0. The molecular weight excluding hydrogens is 583 g/mol. The summed E-state index contributed by atoms with van der Waals surface area (Å²) < 4.78 is 46.5. The standard InChI is InChI=1S/C27H22ClFN2O7S2/c1-36-22-7-3-6-18(24(22)29)20-14-23(39-25(20)28)40(35)31-16-8-9-19(21(32)13-16)27(34)38-11-10-37-17-5-2-4-15(12-17)26(30)33/h2-9,12-14,31-32H,10-11H2,1H3,(H2,30,33). The van der Waals surface area contributed by atoms with Gasteiger partial charge in [-0.05, 0) is 36.4 Å². The van der Waals surface area contributed by atoms with Crippen LogP contribution >= 0.6 is 22.9 Å². The molecule has 4 rings (SSSR count). The summed E-state index contributed by atoms with van der Waals surface area (Å²) in [6.45, 7) is -0.128. The number of rotatable bonds is 11. The van der Waals surface area contributed by atoms with Crippen LogP contribution in [0.4, 0.5) is 10.1 Å². The number of carbonyl (C=O) groups is 2. The number of aromatic hydroxyl groups is 1. The highest BCUT2D eigenvalue weighted by Crippen LogP contribution is 2.41. The number of benzene rings is 3. The Kier molecular flexibility index (Phi) is 9.38. The molecule has 208 valence electrons. The zero-order chi connectivity index (χ0) is 28.8. The molecule has 9 nitrogen and oxygen atoms in total. The number of hydrogen-bond acceptors (Lipinski definition) is 9. The maximum atomic E-state index is 14.7. The predicted octanol–water partition coefficient (Wildman–Crippen LogP) is 5.39. The molecule has 0 fully saturated rings. The number of halogens is 2. The molecular formula is C27H22ClFN2O7S2. The van der Waals surface area contributed by atoms with Crippen LogP contribution < -0.4 is 19.9 Å².